The highest BCUT2D eigenvalue weighted by Gasteiger charge is 2.64. The summed E-state index contributed by atoms with van der Waals surface area (Å²) in [4.78, 5) is 11.5. The molecule has 0 aliphatic heterocycles. The van der Waals surface area contributed by atoms with Gasteiger partial charge in [0, 0.05) is 0 Å². The Hall–Kier alpha value is -1.69. The fourth-order valence-corrected chi connectivity index (χ4v) is 2.67. The van der Waals surface area contributed by atoms with E-state index in [4.69, 9.17) is 10.5 Å². The van der Waals surface area contributed by atoms with Crippen molar-refractivity contribution in [2.75, 3.05) is 6.61 Å². The van der Waals surface area contributed by atoms with Crippen LogP contribution in [0.15, 0.2) is 0 Å². The van der Waals surface area contributed by atoms with Gasteiger partial charge >= 0.3 is 11.9 Å². The van der Waals surface area contributed by atoms with Gasteiger partial charge in [0.2, 0.25) is 0 Å². The minimum atomic E-state index is -3.81. The Morgan fingerprint density at radius 2 is 1.84 bits per heavy atom. The van der Waals surface area contributed by atoms with Gasteiger partial charge in [-0.1, -0.05) is 19.3 Å². The minimum Gasteiger partial charge on any atom is -0.462 e. The van der Waals surface area contributed by atoms with E-state index in [1.54, 1.807) is 12.1 Å². The molecule has 0 atom stereocenters. The number of rotatable bonds is 4. The first kappa shape index (κ1) is 15.4. The van der Waals surface area contributed by atoms with E-state index < -0.39 is 23.2 Å². The van der Waals surface area contributed by atoms with Gasteiger partial charge in [-0.3, -0.25) is 0 Å². The number of nitrogens with zero attached hydrogens (tertiary/aromatic N) is 2. The SMILES string of the molecule is CCOC(=O)C(F)(F)C1(C(C#N)C#N)CCCCC1. The molecule has 0 heterocycles. The molecule has 1 aliphatic rings. The second-order valence-electron chi connectivity index (χ2n) is 4.70. The van der Waals surface area contributed by atoms with Crippen molar-refractivity contribution in [2.45, 2.75) is 45.0 Å². The van der Waals surface area contributed by atoms with Crippen LogP contribution in [0.3, 0.4) is 0 Å². The zero-order valence-corrected chi connectivity index (χ0v) is 10.8. The van der Waals surface area contributed by atoms with Crippen LogP contribution in [-0.2, 0) is 9.53 Å². The standard InChI is InChI=1S/C13H16F2N2O2/c1-2-19-11(18)13(14,15)12(10(8-16)9-17)6-4-3-5-7-12/h10H,2-7H2,1H3. The van der Waals surface area contributed by atoms with E-state index in [0.717, 1.165) is 6.42 Å². The summed E-state index contributed by atoms with van der Waals surface area (Å²) in [5.74, 6) is -6.95. The number of carbonyl (C=O) groups excluding carboxylic acids is 1. The second-order valence-corrected chi connectivity index (χ2v) is 4.70. The number of esters is 1. The molecular formula is C13H16F2N2O2. The molecule has 0 spiro atoms. The summed E-state index contributed by atoms with van der Waals surface area (Å²) in [5.41, 5.74) is -1.92. The third-order valence-electron chi connectivity index (χ3n) is 3.71. The van der Waals surface area contributed by atoms with Crippen LogP contribution in [0.5, 0.6) is 0 Å². The molecule has 0 bridgehead atoms. The molecule has 0 unspecified atom stereocenters. The number of hydrogen-bond acceptors (Lipinski definition) is 4. The highest BCUT2D eigenvalue weighted by Crippen LogP contribution is 2.53. The molecule has 4 nitrogen and oxygen atoms in total. The van der Waals surface area contributed by atoms with E-state index in [0.29, 0.717) is 12.8 Å². The molecule has 0 aromatic heterocycles. The molecule has 0 N–H and O–H groups in total. The lowest BCUT2D eigenvalue weighted by molar-refractivity contribution is -0.202. The molecule has 0 saturated heterocycles. The molecule has 0 aromatic carbocycles. The van der Waals surface area contributed by atoms with Crippen molar-refractivity contribution in [3.8, 4) is 12.1 Å². The molecule has 1 rings (SSSR count). The zero-order valence-electron chi connectivity index (χ0n) is 10.8. The van der Waals surface area contributed by atoms with E-state index >= 15 is 0 Å². The highest BCUT2D eigenvalue weighted by atomic mass is 19.3. The van der Waals surface area contributed by atoms with Crippen molar-refractivity contribution in [2.24, 2.45) is 11.3 Å². The van der Waals surface area contributed by atoms with E-state index in [2.05, 4.69) is 4.74 Å². The summed E-state index contributed by atoms with van der Waals surface area (Å²) in [6, 6.07) is 3.23. The maximum Gasteiger partial charge on any atom is 0.377 e. The number of hydrogen-bond donors (Lipinski definition) is 0. The molecule has 0 amide bonds. The monoisotopic (exact) mass is 270 g/mol. The first-order valence-corrected chi connectivity index (χ1v) is 6.30. The average molecular weight is 270 g/mol. The number of carbonyl (C=O) groups is 1. The van der Waals surface area contributed by atoms with Crippen LogP contribution in [-0.4, -0.2) is 18.5 Å². The summed E-state index contributed by atoms with van der Waals surface area (Å²) in [6.07, 6.45) is 1.71. The first-order valence-electron chi connectivity index (χ1n) is 6.30. The van der Waals surface area contributed by atoms with Gasteiger partial charge in [0.25, 0.3) is 0 Å². The van der Waals surface area contributed by atoms with Gasteiger partial charge in [0.1, 0.15) is 5.92 Å². The third kappa shape index (κ3) is 2.53. The smallest absolute Gasteiger partial charge is 0.377 e. The third-order valence-corrected chi connectivity index (χ3v) is 3.71. The Balaban J connectivity index is 3.20. The molecule has 0 radical (unpaired) electrons. The zero-order chi connectivity index (χ0) is 14.5. The largest absolute Gasteiger partial charge is 0.462 e. The van der Waals surface area contributed by atoms with Gasteiger partial charge in [0.15, 0.2) is 0 Å². The minimum absolute atomic E-state index is 0.00932. The van der Waals surface area contributed by atoms with Crippen molar-refractivity contribution in [3.63, 3.8) is 0 Å². The van der Waals surface area contributed by atoms with Crippen molar-refractivity contribution in [1.82, 2.24) is 0 Å². The van der Waals surface area contributed by atoms with Crippen LogP contribution in [0, 0.1) is 34.0 Å². The maximum atomic E-state index is 14.4. The highest BCUT2D eigenvalue weighted by molar-refractivity contribution is 5.79. The topological polar surface area (TPSA) is 73.9 Å². The van der Waals surface area contributed by atoms with Crippen LogP contribution in [0.4, 0.5) is 8.78 Å². The fourth-order valence-electron chi connectivity index (χ4n) is 2.67. The Morgan fingerprint density at radius 3 is 2.26 bits per heavy atom. The molecule has 1 aliphatic carbocycles. The van der Waals surface area contributed by atoms with Gasteiger partial charge in [-0.05, 0) is 19.8 Å². The molecule has 0 aromatic rings. The van der Waals surface area contributed by atoms with Gasteiger partial charge < -0.3 is 4.74 Å². The number of halogens is 2. The lowest BCUT2D eigenvalue weighted by Crippen LogP contribution is -2.53. The first-order chi connectivity index (χ1) is 8.96. The predicted octanol–water partition coefficient (Wildman–Crippen LogP) is 2.80. The van der Waals surface area contributed by atoms with Crippen LogP contribution >= 0.6 is 0 Å². The Morgan fingerprint density at radius 1 is 1.32 bits per heavy atom. The van der Waals surface area contributed by atoms with Crippen LogP contribution in [0.1, 0.15) is 39.0 Å². The molecule has 1 saturated carbocycles. The van der Waals surface area contributed by atoms with Gasteiger partial charge in [-0.25, -0.2) is 4.79 Å². The molecule has 104 valence electrons. The average Bonchev–Trinajstić information content (AvgIpc) is 2.41. The Kier molecular flexibility index (Phi) is 4.83. The summed E-state index contributed by atoms with van der Waals surface area (Å²) >= 11 is 0. The number of alkyl halides is 2. The molecule has 19 heavy (non-hydrogen) atoms. The summed E-state index contributed by atoms with van der Waals surface area (Å²) < 4.78 is 33.2. The maximum absolute atomic E-state index is 14.4. The van der Waals surface area contributed by atoms with E-state index in [-0.39, 0.29) is 19.4 Å². The van der Waals surface area contributed by atoms with Gasteiger partial charge in [-0.15, -0.1) is 0 Å². The lowest BCUT2D eigenvalue weighted by atomic mass is 9.62. The summed E-state index contributed by atoms with van der Waals surface area (Å²) in [6.45, 7) is 1.28. The molecule has 6 heteroatoms. The van der Waals surface area contributed by atoms with Crippen molar-refractivity contribution in [1.29, 1.82) is 10.5 Å². The van der Waals surface area contributed by atoms with E-state index in [1.807, 2.05) is 0 Å². The van der Waals surface area contributed by atoms with Gasteiger partial charge in [-0.2, -0.15) is 19.3 Å². The predicted molar refractivity (Wildman–Crippen MR) is 61.8 cm³/mol. The quantitative estimate of drug-likeness (QED) is 0.736. The molecular weight excluding hydrogens is 254 g/mol. The van der Waals surface area contributed by atoms with E-state index in [1.165, 1.54) is 6.92 Å². The Labute approximate surface area is 111 Å². The summed E-state index contributed by atoms with van der Waals surface area (Å²) in [5, 5.41) is 17.9. The lowest BCUT2D eigenvalue weighted by Gasteiger charge is -2.42. The van der Waals surface area contributed by atoms with Crippen LogP contribution in [0.25, 0.3) is 0 Å². The van der Waals surface area contributed by atoms with Crippen LogP contribution < -0.4 is 0 Å². The fraction of sp³-hybridized carbons (Fsp3) is 0.769. The molecule has 1 fully saturated rings. The van der Waals surface area contributed by atoms with Crippen molar-refractivity contribution < 1.29 is 18.3 Å². The normalized spacial score (nSPS) is 18.4. The number of ether oxygens (including phenoxy) is 1. The van der Waals surface area contributed by atoms with E-state index in [9.17, 15) is 13.6 Å². The number of nitriles is 2. The van der Waals surface area contributed by atoms with Crippen LogP contribution in [0.2, 0.25) is 0 Å². The van der Waals surface area contributed by atoms with Crippen molar-refractivity contribution >= 4 is 5.97 Å². The second kappa shape index (κ2) is 5.97. The summed E-state index contributed by atoms with van der Waals surface area (Å²) in [7, 11) is 0. The van der Waals surface area contributed by atoms with Gasteiger partial charge in [0.05, 0.1) is 24.2 Å². The Bertz CT molecular complexity index is 403. The van der Waals surface area contributed by atoms with Crippen molar-refractivity contribution in [3.05, 3.63) is 0 Å².